The number of amides is 1. The molecule has 0 bridgehead atoms. The monoisotopic (exact) mass is 563 g/mol. The molecule has 0 saturated carbocycles. The summed E-state index contributed by atoms with van der Waals surface area (Å²) < 4.78 is 70.6. The van der Waals surface area contributed by atoms with Crippen LogP contribution in [0.15, 0.2) is 70.0 Å². The van der Waals surface area contributed by atoms with E-state index in [1.165, 1.54) is 24.3 Å². The van der Waals surface area contributed by atoms with Gasteiger partial charge in [0.1, 0.15) is 11.3 Å². The summed E-state index contributed by atoms with van der Waals surface area (Å²) >= 11 is 5.81. The van der Waals surface area contributed by atoms with Gasteiger partial charge >= 0.3 is 6.18 Å². The second-order valence-electron chi connectivity index (χ2n) is 8.77. The lowest BCUT2D eigenvalue weighted by Gasteiger charge is -2.13. The van der Waals surface area contributed by atoms with Crippen LogP contribution in [0.1, 0.15) is 52.2 Å². The maximum Gasteiger partial charge on any atom is 0.416 e. The smallest absolute Gasteiger partial charge is 0.416 e. The molecule has 3 aromatic carbocycles. The van der Waals surface area contributed by atoms with Gasteiger partial charge in [0, 0.05) is 34.5 Å². The summed E-state index contributed by atoms with van der Waals surface area (Å²) in [5.41, 5.74) is 1.47. The molecule has 0 spiro atoms. The van der Waals surface area contributed by atoms with Crippen LogP contribution < -0.4 is 5.32 Å². The molecule has 0 unspecified atom stereocenters. The normalized spacial score (nSPS) is 12.2. The van der Waals surface area contributed by atoms with Crippen molar-refractivity contribution in [1.29, 1.82) is 0 Å². The first-order valence-corrected chi connectivity index (χ1v) is 14.0. The fraction of sp³-hybridized carbons (Fsp3) is 0.250. The minimum Gasteiger partial charge on any atom is -0.460 e. The molecule has 0 atom stereocenters. The number of fused-ring (bicyclic) bond motifs is 1. The number of halogens is 4. The van der Waals surface area contributed by atoms with Gasteiger partial charge in [0.25, 0.3) is 5.91 Å². The second kappa shape index (κ2) is 10.8. The predicted molar refractivity (Wildman–Crippen MR) is 140 cm³/mol. The third-order valence-electron chi connectivity index (χ3n) is 6.34. The number of alkyl halides is 3. The van der Waals surface area contributed by atoms with Gasteiger partial charge in [-0.3, -0.25) is 4.79 Å². The highest BCUT2D eigenvalue weighted by molar-refractivity contribution is 7.91. The van der Waals surface area contributed by atoms with Gasteiger partial charge in [0.15, 0.2) is 9.84 Å². The van der Waals surface area contributed by atoms with Crippen LogP contribution in [0.3, 0.4) is 0 Å². The zero-order valence-electron chi connectivity index (χ0n) is 20.7. The lowest BCUT2D eigenvalue weighted by Crippen LogP contribution is -2.22. The Hall–Kier alpha value is -3.30. The number of nitrogens with one attached hydrogen (secondary N) is 1. The lowest BCUT2D eigenvalue weighted by atomic mass is 9.99. The van der Waals surface area contributed by atoms with Gasteiger partial charge in [-0.05, 0) is 53.9 Å². The summed E-state index contributed by atoms with van der Waals surface area (Å²) in [4.78, 5) is 13.0. The lowest BCUT2D eigenvalue weighted by molar-refractivity contribution is -0.138. The van der Waals surface area contributed by atoms with Crippen LogP contribution in [0.2, 0.25) is 5.02 Å². The van der Waals surface area contributed by atoms with Gasteiger partial charge in [-0.2, -0.15) is 13.2 Å². The van der Waals surface area contributed by atoms with Gasteiger partial charge in [0.2, 0.25) is 0 Å². The molecule has 10 heteroatoms. The fourth-order valence-electron chi connectivity index (χ4n) is 4.28. The average molecular weight is 564 g/mol. The number of sulfone groups is 1. The Labute approximate surface area is 223 Å². The van der Waals surface area contributed by atoms with Gasteiger partial charge in [0.05, 0.1) is 16.2 Å². The number of rotatable bonds is 8. The number of hydrogen-bond acceptors (Lipinski definition) is 4. The minimum atomic E-state index is -4.56. The summed E-state index contributed by atoms with van der Waals surface area (Å²) in [7, 11) is -3.30. The molecule has 5 nitrogen and oxygen atoms in total. The number of benzene rings is 3. The van der Waals surface area contributed by atoms with Gasteiger partial charge < -0.3 is 9.73 Å². The number of hydrogen-bond donors (Lipinski definition) is 1. The molecule has 0 fully saturated rings. The Kier molecular flexibility index (Phi) is 7.90. The van der Waals surface area contributed by atoms with E-state index in [1.807, 2.05) is 6.92 Å². The Morgan fingerprint density at radius 1 is 1.00 bits per heavy atom. The SMILES string of the molecule is CCc1c(Cc2ccc(Cl)cc2C(F)(F)F)oc2cc(C(=O)NCc3ccc(S(=O)(=O)CC)cc3)ccc12. The van der Waals surface area contributed by atoms with Crippen LogP contribution in [-0.2, 0) is 35.4 Å². The Balaban J connectivity index is 1.55. The van der Waals surface area contributed by atoms with E-state index in [0.29, 0.717) is 23.3 Å². The predicted octanol–water partition coefficient (Wildman–Crippen LogP) is 6.98. The van der Waals surface area contributed by atoms with Crippen LogP contribution in [0, 0.1) is 0 Å². The zero-order chi connectivity index (χ0) is 27.7. The third-order valence-corrected chi connectivity index (χ3v) is 8.32. The summed E-state index contributed by atoms with van der Waals surface area (Å²) in [6.45, 7) is 3.64. The van der Waals surface area contributed by atoms with Crippen LogP contribution in [0.4, 0.5) is 13.2 Å². The highest BCUT2D eigenvalue weighted by Gasteiger charge is 2.34. The highest BCUT2D eigenvalue weighted by Crippen LogP contribution is 2.36. The molecule has 4 rings (SSSR count). The molecule has 0 saturated heterocycles. The van der Waals surface area contributed by atoms with Gasteiger partial charge in [-0.25, -0.2) is 8.42 Å². The van der Waals surface area contributed by atoms with Crippen molar-refractivity contribution in [1.82, 2.24) is 5.32 Å². The molecule has 0 aliphatic rings. The maximum atomic E-state index is 13.6. The quantitative estimate of drug-likeness (QED) is 0.251. The van der Waals surface area contributed by atoms with E-state index < -0.39 is 21.6 Å². The van der Waals surface area contributed by atoms with E-state index in [-0.39, 0.29) is 40.1 Å². The first-order valence-electron chi connectivity index (χ1n) is 11.9. The molecule has 200 valence electrons. The van der Waals surface area contributed by atoms with Crippen LogP contribution in [0.25, 0.3) is 11.0 Å². The van der Waals surface area contributed by atoms with Crippen LogP contribution in [-0.4, -0.2) is 20.1 Å². The molecule has 0 radical (unpaired) electrons. The van der Waals surface area contributed by atoms with Crippen molar-refractivity contribution in [2.75, 3.05) is 5.75 Å². The second-order valence-corrected chi connectivity index (χ2v) is 11.5. The van der Waals surface area contributed by atoms with Crippen molar-refractivity contribution < 1.29 is 30.8 Å². The molecule has 1 amide bonds. The Morgan fingerprint density at radius 3 is 2.34 bits per heavy atom. The number of aryl methyl sites for hydroxylation is 1. The van der Waals surface area contributed by atoms with E-state index in [2.05, 4.69) is 5.32 Å². The fourth-order valence-corrected chi connectivity index (χ4v) is 5.33. The molecular formula is C28H25ClF3NO4S. The van der Waals surface area contributed by atoms with Crippen molar-refractivity contribution in [2.24, 2.45) is 0 Å². The average Bonchev–Trinajstić information content (AvgIpc) is 3.24. The standard InChI is InChI=1S/C28H25ClF3NO4S/c1-3-22-23-12-8-19(27(34)33-16-17-5-10-21(11-6-17)38(35,36)4-2)14-26(23)37-25(22)13-18-7-9-20(29)15-24(18)28(30,31)32/h5-12,14-15H,3-4,13,16H2,1-2H3,(H,33,34). The van der Waals surface area contributed by atoms with E-state index in [9.17, 15) is 26.4 Å². The third kappa shape index (κ3) is 5.89. The Morgan fingerprint density at radius 2 is 1.71 bits per heavy atom. The summed E-state index contributed by atoms with van der Waals surface area (Å²) in [5, 5.41) is 3.52. The van der Waals surface area contributed by atoms with Crippen molar-refractivity contribution >= 4 is 38.3 Å². The number of carbonyl (C=O) groups is 1. The topological polar surface area (TPSA) is 76.4 Å². The van der Waals surface area contributed by atoms with Crippen LogP contribution >= 0.6 is 11.6 Å². The van der Waals surface area contributed by atoms with E-state index >= 15 is 0 Å². The molecule has 4 aromatic rings. The minimum absolute atomic E-state index is 0.000939. The highest BCUT2D eigenvalue weighted by atomic mass is 35.5. The first-order chi connectivity index (χ1) is 17.9. The molecule has 0 aliphatic carbocycles. The molecule has 1 heterocycles. The number of carbonyl (C=O) groups excluding carboxylic acids is 1. The molecule has 38 heavy (non-hydrogen) atoms. The van der Waals surface area contributed by atoms with Crippen molar-refractivity contribution in [2.45, 2.75) is 44.3 Å². The van der Waals surface area contributed by atoms with Crippen molar-refractivity contribution in [3.05, 3.63) is 99.3 Å². The largest absolute Gasteiger partial charge is 0.460 e. The van der Waals surface area contributed by atoms with E-state index in [4.69, 9.17) is 16.0 Å². The molecule has 0 aliphatic heterocycles. The van der Waals surface area contributed by atoms with Crippen molar-refractivity contribution in [3.63, 3.8) is 0 Å². The van der Waals surface area contributed by atoms with Gasteiger partial charge in [-0.15, -0.1) is 0 Å². The summed E-state index contributed by atoms with van der Waals surface area (Å²) in [6, 6.07) is 14.9. The van der Waals surface area contributed by atoms with Crippen LogP contribution in [0.5, 0.6) is 0 Å². The molecule has 1 aromatic heterocycles. The van der Waals surface area contributed by atoms with E-state index in [0.717, 1.165) is 22.6 Å². The summed E-state index contributed by atoms with van der Waals surface area (Å²) in [5.74, 6) is 0.0309. The first kappa shape index (κ1) is 27.7. The number of furan rings is 1. The summed E-state index contributed by atoms with van der Waals surface area (Å²) in [6.07, 6.45) is -4.10. The molecule has 1 N–H and O–H groups in total. The van der Waals surface area contributed by atoms with Crippen molar-refractivity contribution in [3.8, 4) is 0 Å². The molecular weight excluding hydrogens is 539 g/mol. The maximum absolute atomic E-state index is 13.6. The van der Waals surface area contributed by atoms with Gasteiger partial charge in [-0.1, -0.05) is 49.7 Å². The zero-order valence-corrected chi connectivity index (χ0v) is 22.2. The van der Waals surface area contributed by atoms with E-state index in [1.54, 1.807) is 37.3 Å². The Bertz CT molecular complexity index is 1590.